The highest BCUT2D eigenvalue weighted by Crippen LogP contribution is 2.50. The monoisotopic (exact) mass is 289 g/mol. The SMILES string of the molecule is CC(C)(C)OC(=O)NC12CCC(CC1Br)C2. The van der Waals surface area contributed by atoms with Gasteiger partial charge in [0.2, 0.25) is 0 Å². The summed E-state index contributed by atoms with van der Waals surface area (Å²) in [4.78, 5) is 12.2. The highest BCUT2D eigenvalue weighted by molar-refractivity contribution is 9.09. The summed E-state index contributed by atoms with van der Waals surface area (Å²) >= 11 is 3.69. The first-order valence-corrected chi connectivity index (χ1v) is 6.88. The van der Waals surface area contributed by atoms with Gasteiger partial charge in [0.25, 0.3) is 0 Å². The third kappa shape index (κ3) is 2.36. The maximum Gasteiger partial charge on any atom is 0.408 e. The molecule has 16 heavy (non-hydrogen) atoms. The van der Waals surface area contributed by atoms with Gasteiger partial charge in [-0.05, 0) is 52.4 Å². The first-order chi connectivity index (χ1) is 7.31. The molecule has 92 valence electrons. The van der Waals surface area contributed by atoms with Crippen molar-refractivity contribution in [1.82, 2.24) is 5.32 Å². The minimum atomic E-state index is -0.418. The second-order valence-electron chi connectivity index (χ2n) is 6.10. The number of halogens is 1. The Morgan fingerprint density at radius 3 is 2.62 bits per heavy atom. The van der Waals surface area contributed by atoms with Crippen LogP contribution in [0.25, 0.3) is 0 Å². The van der Waals surface area contributed by atoms with E-state index in [1.807, 2.05) is 20.8 Å². The molecule has 2 rings (SSSR count). The third-order valence-corrected chi connectivity index (χ3v) is 4.79. The normalized spacial score (nSPS) is 37.5. The summed E-state index contributed by atoms with van der Waals surface area (Å²) in [5.74, 6) is 0.777. The summed E-state index contributed by atoms with van der Waals surface area (Å²) in [7, 11) is 0. The van der Waals surface area contributed by atoms with Crippen molar-refractivity contribution < 1.29 is 9.53 Å². The minimum absolute atomic E-state index is 0.0486. The van der Waals surface area contributed by atoms with E-state index in [4.69, 9.17) is 4.74 Å². The molecule has 3 atom stereocenters. The zero-order valence-corrected chi connectivity index (χ0v) is 11.8. The Morgan fingerprint density at radius 1 is 1.50 bits per heavy atom. The molecule has 0 radical (unpaired) electrons. The Balaban J connectivity index is 1.96. The lowest BCUT2D eigenvalue weighted by Crippen LogP contribution is -2.52. The van der Waals surface area contributed by atoms with Crippen molar-refractivity contribution in [2.24, 2.45) is 5.92 Å². The van der Waals surface area contributed by atoms with Crippen molar-refractivity contribution in [1.29, 1.82) is 0 Å². The van der Waals surface area contributed by atoms with E-state index >= 15 is 0 Å². The molecule has 3 nitrogen and oxygen atoms in total. The molecule has 4 heteroatoms. The molecule has 1 amide bonds. The predicted octanol–water partition coefficient (Wildman–Crippen LogP) is 3.22. The molecule has 3 unspecified atom stereocenters. The van der Waals surface area contributed by atoms with E-state index in [2.05, 4.69) is 21.2 Å². The van der Waals surface area contributed by atoms with E-state index < -0.39 is 5.60 Å². The first-order valence-electron chi connectivity index (χ1n) is 5.96. The van der Waals surface area contributed by atoms with Gasteiger partial charge in [0.15, 0.2) is 0 Å². The first kappa shape index (κ1) is 12.2. The van der Waals surface area contributed by atoms with Crippen molar-refractivity contribution in [2.45, 2.75) is 62.4 Å². The van der Waals surface area contributed by atoms with Gasteiger partial charge in [0, 0.05) is 4.83 Å². The molecule has 2 aliphatic carbocycles. The number of carbonyl (C=O) groups excluding carboxylic acids is 1. The third-order valence-electron chi connectivity index (χ3n) is 3.54. The Labute approximate surface area is 105 Å². The Morgan fingerprint density at radius 2 is 2.19 bits per heavy atom. The molecule has 0 aromatic carbocycles. The number of carbonyl (C=O) groups is 1. The van der Waals surface area contributed by atoms with Crippen molar-refractivity contribution in [3.05, 3.63) is 0 Å². The number of rotatable bonds is 1. The smallest absolute Gasteiger partial charge is 0.408 e. The van der Waals surface area contributed by atoms with Crippen LogP contribution in [0, 0.1) is 5.92 Å². The summed E-state index contributed by atoms with van der Waals surface area (Å²) in [6, 6.07) is 0. The van der Waals surface area contributed by atoms with Crippen LogP contribution in [-0.2, 0) is 4.74 Å². The number of alkyl halides is 1. The molecular weight excluding hydrogens is 270 g/mol. The van der Waals surface area contributed by atoms with Crippen LogP contribution in [-0.4, -0.2) is 22.1 Å². The van der Waals surface area contributed by atoms with Crippen LogP contribution in [0.4, 0.5) is 4.79 Å². The maximum atomic E-state index is 11.8. The molecule has 2 aliphatic rings. The minimum Gasteiger partial charge on any atom is -0.444 e. The van der Waals surface area contributed by atoms with E-state index in [1.54, 1.807) is 0 Å². The number of alkyl carbamates (subject to hydrolysis) is 1. The molecule has 1 N–H and O–H groups in total. The second kappa shape index (κ2) is 3.90. The fraction of sp³-hybridized carbons (Fsp3) is 0.917. The number of hydrogen-bond donors (Lipinski definition) is 1. The van der Waals surface area contributed by atoms with Crippen LogP contribution in [0.3, 0.4) is 0 Å². The molecular formula is C12H20BrNO2. The van der Waals surface area contributed by atoms with Gasteiger partial charge in [0.05, 0.1) is 5.54 Å². The number of amides is 1. The van der Waals surface area contributed by atoms with E-state index in [0.29, 0.717) is 4.83 Å². The van der Waals surface area contributed by atoms with Gasteiger partial charge in [-0.3, -0.25) is 0 Å². The molecule has 0 heterocycles. The zero-order chi connectivity index (χ0) is 12.0. The molecule has 0 aromatic rings. The van der Waals surface area contributed by atoms with Crippen molar-refractivity contribution in [3.8, 4) is 0 Å². The number of fused-ring (bicyclic) bond motifs is 2. The molecule has 2 fully saturated rings. The maximum absolute atomic E-state index is 11.8. The van der Waals surface area contributed by atoms with E-state index in [1.165, 1.54) is 12.8 Å². The lowest BCUT2D eigenvalue weighted by Gasteiger charge is -2.33. The summed E-state index contributed by atoms with van der Waals surface area (Å²) in [5, 5.41) is 3.08. The van der Waals surface area contributed by atoms with Gasteiger partial charge in [-0.1, -0.05) is 15.9 Å². The van der Waals surface area contributed by atoms with E-state index in [0.717, 1.165) is 18.8 Å². The summed E-state index contributed by atoms with van der Waals surface area (Å²) in [6.07, 6.45) is 4.31. The van der Waals surface area contributed by atoms with Crippen LogP contribution in [0.1, 0.15) is 46.5 Å². The van der Waals surface area contributed by atoms with Gasteiger partial charge in [-0.25, -0.2) is 4.79 Å². The highest BCUT2D eigenvalue weighted by atomic mass is 79.9. The lowest BCUT2D eigenvalue weighted by atomic mass is 9.94. The highest BCUT2D eigenvalue weighted by Gasteiger charge is 2.52. The summed E-state index contributed by atoms with van der Waals surface area (Å²) in [5.41, 5.74) is -0.466. The van der Waals surface area contributed by atoms with E-state index in [-0.39, 0.29) is 11.6 Å². The van der Waals surface area contributed by atoms with Gasteiger partial charge >= 0.3 is 6.09 Å². The van der Waals surface area contributed by atoms with Gasteiger partial charge in [-0.15, -0.1) is 0 Å². The lowest BCUT2D eigenvalue weighted by molar-refractivity contribution is 0.0462. The van der Waals surface area contributed by atoms with Crippen LogP contribution in [0.2, 0.25) is 0 Å². The fourth-order valence-electron chi connectivity index (χ4n) is 2.88. The topological polar surface area (TPSA) is 38.3 Å². The van der Waals surface area contributed by atoms with Gasteiger partial charge < -0.3 is 10.1 Å². The number of nitrogens with one attached hydrogen (secondary N) is 1. The Hall–Kier alpha value is -0.250. The number of hydrogen-bond acceptors (Lipinski definition) is 2. The largest absolute Gasteiger partial charge is 0.444 e. The predicted molar refractivity (Wildman–Crippen MR) is 66.8 cm³/mol. The molecule has 0 spiro atoms. The quantitative estimate of drug-likeness (QED) is 0.753. The van der Waals surface area contributed by atoms with Crippen LogP contribution < -0.4 is 5.32 Å². The van der Waals surface area contributed by atoms with E-state index in [9.17, 15) is 4.79 Å². The zero-order valence-electron chi connectivity index (χ0n) is 10.2. The van der Waals surface area contributed by atoms with Gasteiger partial charge in [-0.2, -0.15) is 0 Å². The molecule has 0 aliphatic heterocycles. The van der Waals surface area contributed by atoms with Gasteiger partial charge in [0.1, 0.15) is 5.60 Å². The summed E-state index contributed by atoms with van der Waals surface area (Å²) in [6.45, 7) is 5.67. The Bertz CT molecular complexity index is 300. The molecule has 0 aromatic heterocycles. The molecule has 2 saturated carbocycles. The van der Waals surface area contributed by atoms with Crippen LogP contribution in [0.15, 0.2) is 0 Å². The van der Waals surface area contributed by atoms with Crippen LogP contribution in [0.5, 0.6) is 0 Å². The van der Waals surface area contributed by atoms with Crippen LogP contribution >= 0.6 is 15.9 Å². The second-order valence-corrected chi connectivity index (χ2v) is 7.20. The average molecular weight is 290 g/mol. The fourth-order valence-corrected chi connectivity index (χ4v) is 3.94. The molecule has 2 bridgehead atoms. The average Bonchev–Trinajstić information content (AvgIpc) is 2.56. The number of ether oxygens (including phenoxy) is 1. The van der Waals surface area contributed by atoms with Crippen molar-refractivity contribution in [3.63, 3.8) is 0 Å². The standard InChI is InChI=1S/C12H20BrNO2/c1-11(2,3)16-10(15)14-12-5-4-8(7-12)6-9(12)13/h8-9H,4-7H2,1-3H3,(H,14,15). The molecule has 0 saturated heterocycles. The summed E-state index contributed by atoms with van der Waals surface area (Å²) < 4.78 is 5.32. The van der Waals surface area contributed by atoms with Crippen molar-refractivity contribution >= 4 is 22.0 Å². The Kier molecular flexibility index (Phi) is 2.97. The van der Waals surface area contributed by atoms with Crippen molar-refractivity contribution in [2.75, 3.05) is 0 Å².